The van der Waals surface area contributed by atoms with Gasteiger partial charge in [-0.25, -0.2) is 0 Å². The van der Waals surface area contributed by atoms with Crippen molar-refractivity contribution < 1.29 is 0 Å². The molecule has 2 heterocycles. The van der Waals surface area contributed by atoms with Crippen LogP contribution >= 0.6 is 15.9 Å². The van der Waals surface area contributed by atoms with Gasteiger partial charge in [-0.1, -0.05) is 95.1 Å². The quantitative estimate of drug-likeness (QED) is 0.282. The van der Waals surface area contributed by atoms with Crippen molar-refractivity contribution in [3.8, 4) is 0 Å². The van der Waals surface area contributed by atoms with Crippen LogP contribution in [0.4, 0.5) is 5.69 Å². The van der Waals surface area contributed by atoms with Gasteiger partial charge in [0.1, 0.15) is 0 Å². The Morgan fingerprint density at radius 1 is 0.545 bits per heavy atom. The van der Waals surface area contributed by atoms with Gasteiger partial charge in [0, 0.05) is 28.6 Å². The molecular weight excluding hydrogens is 468 g/mol. The second-order valence-corrected chi connectivity index (χ2v) is 9.67. The molecule has 0 bridgehead atoms. The summed E-state index contributed by atoms with van der Waals surface area (Å²) in [6.45, 7) is 4.93. The number of piperidine rings is 2. The van der Waals surface area contributed by atoms with Gasteiger partial charge >= 0.3 is 0 Å². The third kappa shape index (κ3) is 6.82. The molecule has 4 aromatic rings. The summed E-state index contributed by atoms with van der Waals surface area (Å²) in [4.78, 5) is 2.53. The molecule has 0 aromatic heterocycles. The van der Waals surface area contributed by atoms with Gasteiger partial charge in [0.15, 0.2) is 0 Å². The van der Waals surface area contributed by atoms with E-state index in [0.717, 1.165) is 4.47 Å². The first-order chi connectivity index (χ1) is 16.3. The van der Waals surface area contributed by atoms with E-state index in [1.54, 1.807) is 0 Å². The molecule has 4 aromatic carbocycles. The number of nitrogens with zero attached hydrogens (tertiary/aromatic N) is 1. The van der Waals surface area contributed by atoms with Gasteiger partial charge in [-0.3, -0.25) is 0 Å². The molecule has 1 N–H and O–H groups in total. The van der Waals surface area contributed by atoms with Gasteiger partial charge in [-0.05, 0) is 73.5 Å². The molecule has 33 heavy (non-hydrogen) atoms. The number of fused-ring (bicyclic) bond motifs is 2. The molecule has 3 heteroatoms. The number of hydrogen-bond acceptors (Lipinski definition) is 2. The average molecular weight is 504 g/mol. The molecule has 2 nitrogen and oxygen atoms in total. The average Bonchev–Trinajstić information content (AvgIpc) is 2.91. The number of nitrogens with one attached hydrogen (secondary N) is 1. The predicted molar refractivity (Wildman–Crippen MR) is 148 cm³/mol. The third-order valence-corrected chi connectivity index (χ3v) is 7.10. The largest absolute Gasteiger partial charge is 0.371 e. The van der Waals surface area contributed by atoms with Crippen LogP contribution in [0.1, 0.15) is 38.5 Å². The molecule has 0 aliphatic carbocycles. The van der Waals surface area contributed by atoms with Crippen LogP contribution in [-0.4, -0.2) is 26.2 Å². The standard InChI is InChI=1S/C15H17N.C10H7Br.C5H11N/c1-4-11-16(12-5-1)15-10-6-8-13-7-2-3-9-14(13)15;11-10-7-3-5-8-4-1-2-6-9(8)10;1-2-4-6-5-3-1/h2-3,6-10H,1,4-5,11-12H2;1-7H;6H,1-5H2. The van der Waals surface area contributed by atoms with E-state index < -0.39 is 0 Å². The lowest BCUT2D eigenvalue weighted by Crippen LogP contribution is -2.29. The van der Waals surface area contributed by atoms with Crippen molar-refractivity contribution in [2.75, 3.05) is 31.1 Å². The Hall–Kier alpha value is -2.36. The van der Waals surface area contributed by atoms with Crippen LogP contribution in [0.25, 0.3) is 21.5 Å². The molecule has 2 saturated heterocycles. The smallest absolute Gasteiger partial charge is 0.0445 e. The van der Waals surface area contributed by atoms with E-state index in [1.165, 1.54) is 91.9 Å². The minimum Gasteiger partial charge on any atom is -0.371 e. The molecule has 0 saturated carbocycles. The van der Waals surface area contributed by atoms with E-state index in [9.17, 15) is 0 Å². The van der Waals surface area contributed by atoms with E-state index >= 15 is 0 Å². The first kappa shape index (κ1) is 23.8. The van der Waals surface area contributed by atoms with Gasteiger partial charge < -0.3 is 10.2 Å². The topological polar surface area (TPSA) is 15.3 Å². The molecule has 0 radical (unpaired) electrons. The lowest BCUT2D eigenvalue weighted by molar-refractivity contribution is 0.520. The van der Waals surface area contributed by atoms with Crippen molar-refractivity contribution in [3.63, 3.8) is 0 Å². The van der Waals surface area contributed by atoms with Gasteiger partial charge in [0.2, 0.25) is 0 Å². The van der Waals surface area contributed by atoms with Crippen LogP contribution in [0.3, 0.4) is 0 Å². The molecular formula is C30H35BrN2. The second kappa shape index (κ2) is 12.8. The van der Waals surface area contributed by atoms with E-state index in [4.69, 9.17) is 0 Å². The van der Waals surface area contributed by atoms with Crippen LogP contribution in [0.2, 0.25) is 0 Å². The number of hydrogen-bond donors (Lipinski definition) is 1. The monoisotopic (exact) mass is 502 g/mol. The minimum atomic E-state index is 1.16. The Morgan fingerprint density at radius 3 is 1.70 bits per heavy atom. The Morgan fingerprint density at radius 2 is 1.09 bits per heavy atom. The summed E-state index contributed by atoms with van der Waals surface area (Å²) in [5, 5.41) is 8.59. The maximum atomic E-state index is 3.50. The lowest BCUT2D eigenvalue weighted by atomic mass is 10.1. The van der Waals surface area contributed by atoms with Crippen molar-refractivity contribution in [3.05, 3.63) is 89.4 Å². The fourth-order valence-corrected chi connectivity index (χ4v) is 5.12. The van der Waals surface area contributed by atoms with Crippen LogP contribution < -0.4 is 10.2 Å². The summed E-state index contributed by atoms with van der Waals surface area (Å²) in [6.07, 6.45) is 8.28. The SMILES string of the molecule is Brc1cccc2ccccc12.C1CCNCC1.c1ccc2c(N3CCCCC3)cccc2c1. The molecule has 0 unspecified atom stereocenters. The highest BCUT2D eigenvalue weighted by Gasteiger charge is 2.12. The van der Waals surface area contributed by atoms with E-state index in [1.807, 2.05) is 12.1 Å². The summed E-state index contributed by atoms with van der Waals surface area (Å²) in [6, 6.07) is 29.8. The third-order valence-electron chi connectivity index (χ3n) is 6.41. The summed E-state index contributed by atoms with van der Waals surface area (Å²) in [7, 11) is 0. The lowest BCUT2D eigenvalue weighted by Gasteiger charge is -2.29. The predicted octanol–water partition coefficient (Wildman–Crippen LogP) is 8.19. The number of benzene rings is 4. The first-order valence-corrected chi connectivity index (χ1v) is 13.2. The van der Waals surface area contributed by atoms with Crippen molar-refractivity contribution in [1.29, 1.82) is 0 Å². The van der Waals surface area contributed by atoms with Gasteiger partial charge in [-0.15, -0.1) is 0 Å². The Balaban J connectivity index is 0.000000132. The zero-order chi connectivity index (χ0) is 22.7. The normalized spacial score (nSPS) is 15.8. The summed E-state index contributed by atoms with van der Waals surface area (Å²) in [5.41, 5.74) is 1.41. The highest BCUT2D eigenvalue weighted by Crippen LogP contribution is 2.28. The first-order valence-electron chi connectivity index (χ1n) is 12.4. The minimum absolute atomic E-state index is 1.16. The second-order valence-electron chi connectivity index (χ2n) is 8.82. The van der Waals surface area contributed by atoms with Crippen molar-refractivity contribution in [2.45, 2.75) is 38.5 Å². The zero-order valence-corrected chi connectivity index (χ0v) is 21.1. The number of halogens is 1. The van der Waals surface area contributed by atoms with Crippen LogP contribution in [0.5, 0.6) is 0 Å². The zero-order valence-electron chi connectivity index (χ0n) is 19.5. The molecule has 0 spiro atoms. The van der Waals surface area contributed by atoms with Crippen molar-refractivity contribution in [1.82, 2.24) is 5.32 Å². The van der Waals surface area contributed by atoms with E-state index in [0.29, 0.717) is 0 Å². The highest BCUT2D eigenvalue weighted by atomic mass is 79.9. The van der Waals surface area contributed by atoms with Crippen molar-refractivity contribution >= 4 is 43.2 Å². The Labute approximate surface area is 207 Å². The summed E-state index contributed by atoms with van der Waals surface area (Å²) >= 11 is 3.50. The molecule has 2 aliphatic rings. The van der Waals surface area contributed by atoms with Crippen LogP contribution in [0, 0.1) is 0 Å². The maximum absolute atomic E-state index is 3.50. The molecule has 6 rings (SSSR count). The van der Waals surface area contributed by atoms with Gasteiger partial charge in [0.05, 0.1) is 0 Å². The van der Waals surface area contributed by atoms with E-state index in [-0.39, 0.29) is 0 Å². The molecule has 0 atom stereocenters. The van der Waals surface area contributed by atoms with E-state index in [2.05, 4.69) is 98.9 Å². The van der Waals surface area contributed by atoms with Crippen LogP contribution in [0.15, 0.2) is 89.4 Å². The van der Waals surface area contributed by atoms with Gasteiger partial charge in [-0.2, -0.15) is 0 Å². The number of rotatable bonds is 1. The number of anilines is 1. The maximum Gasteiger partial charge on any atom is 0.0445 e. The molecule has 172 valence electrons. The molecule has 0 amide bonds. The van der Waals surface area contributed by atoms with Crippen LogP contribution in [-0.2, 0) is 0 Å². The molecule has 2 fully saturated rings. The summed E-state index contributed by atoms with van der Waals surface area (Å²) < 4.78 is 1.16. The fraction of sp³-hybridized carbons (Fsp3) is 0.333. The summed E-state index contributed by atoms with van der Waals surface area (Å²) in [5.74, 6) is 0. The Bertz CT molecular complexity index is 1110. The van der Waals surface area contributed by atoms with Crippen molar-refractivity contribution in [2.24, 2.45) is 0 Å². The fourth-order valence-electron chi connectivity index (χ4n) is 4.61. The Kier molecular flexibility index (Phi) is 9.20. The highest BCUT2D eigenvalue weighted by molar-refractivity contribution is 9.10. The molecule has 2 aliphatic heterocycles. The van der Waals surface area contributed by atoms with Gasteiger partial charge in [0.25, 0.3) is 0 Å².